The zero-order valence-electron chi connectivity index (χ0n) is 20.3. The van der Waals surface area contributed by atoms with Gasteiger partial charge in [-0.1, -0.05) is 19.6 Å². The molecule has 4 aromatic rings. The average Bonchev–Trinajstić information content (AvgIpc) is 3.36. The standard InChI is InChI=1S/C24H31N7O2Si/c1-16-21(10-20(25)13-26-16)29-24(32)18-8-17-9-22(19-12-28-30(2)14-19)31(23(17)27-11-18)15-33-6-7-34(3,4)5/h8-14H,6-7,15,25H2,1-5H3,(H,29,32). The second-order valence-electron chi connectivity index (χ2n) is 9.70. The number of carbonyl (C=O) groups excluding carboxylic acids is 1. The summed E-state index contributed by atoms with van der Waals surface area (Å²) in [5, 5.41) is 8.04. The Morgan fingerprint density at radius 2 is 1.94 bits per heavy atom. The van der Waals surface area contributed by atoms with Crippen LogP contribution in [0, 0.1) is 6.92 Å². The molecule has 178 valence electrons. The molecule has 9 nitrogen and oxygen atoms in total. The number of aryl methyl sites for hydroxylation is 2. The monoisotopic (exact) mass is 477 g/mol. The molecule has 34 heavy (non-hydrogen) atoms. The van der Waals surface area contributed by atoms with Crippen molar-refractivity contribution in [3.63, 3.8) is 0 Å². The maximum Gasteiger partial charge on any atom is 0.257 e. The van der Waals surface area contributed by atoms with E-state index in [0.29, 0.717) is 36.0 Å². The fourth-order valence-corrected chi connectivity index (χ4v) is 4.35. The molecule has 1 amide bonds. The lowest BCUT2D eigenvalue weighted by Gasteiger charge is -2.16. The summed E-state index contributed by atoms with van der Waals surface area (Å²) in [7, 11) is 0.697. The van der Waals surface area contributed by atoms with E-state index in [9.17, 15) is 4.79 Å². The smallest absolute Gasteiger partial charge is 0.257 e. The first-order valence-electron chi connectivity index (χ1n) is 11.2. The van der Waals surface area contributed by atoms with Crippen LogP contribution in [0.5, 0.6) is 0 Å². The Morgan fingerprint density at radius 3 is 2.65 bits per heavy atom. The number of ether oxygens (including phenoxy) is 1. The lowest BCUT2D eigenvalue weighted by atomic mass is 10.2. The number of amides is 1. The van der Waals surface area contributed by atoms with E-state index in [-0.39, 0.29) is 5.91 Å². The highest BCUT2D eigenvalue weighted by molar-refractivity contribution is 6.76. The van der Waals surface area contributed by atoms with Gasteiger partial charge in [0.1, 0.15) is 12.4 Å². The molecule has 0 radical (unpaired) electrons. The zero-order chi connectivity index (χ0) is 24.5. The summed E-state index contributed by atoms with van der Waals surface area (Å²) in [6.07, 6.45) is 6.91. The van der Waals surface area contributed by atoms with Crippen molar-refractivity contribution in [3.05, 3.63) is 54.2 Å². The van der Waals surface area contributed by atoms with Crippen molar-refractivity contribution in [2.45, 2.75) is 39.3 Å². The van der Waals surface area contributed by atoms with Gasteiger partial charge in [0.25, 0.3) is 5.91 Å². The average molecular weight is 478 g/mol. The normalized spacial score (nSPS) is 11.8. The van der Waals surface area contributed by atoms with Crippen LogP contribution in [0.15, 0.2) is 43.0 Å². The van der Waals surface area contributed by atoms with Gasteiger partial charge >= 0.3 is 0 Å². The van der Waals surface area contributed by atoms with Gasteiger partial charge in [-0.25, -0.2) is 4.98 Å². The van der Waals surface area contributed by atoms with E-state index in [1.807, 2.05) is 43.1 Å². The van der Waals surface area contributed by atoms with Gasteiger partial charge in [-0.3, -0.25) is 14.5 Å². The zero-order valence-corrected chi connectivity index (χ0v) is 21.3. The highest BCUT2D eigenvalue weighted by atomic mass is 28.3. The molecule has 0 fully saturated rings. The van der Waals surface area contributed by atoms with Crippen molar-refractivity contribution in [2.24, 2.45) is 7.05 Å². The van der Waals surface area contributed by atoms with Crippen molar-refractivity contribution in [1.82, 2.24) is 24.3 Å². The van der Waals surface area contributed by atoms with Gasteiger partial charge in [0.2, 0.25) is 0 Å². The van der Waals surface area contributed by atoms with Gasteiger partial charge in [0.05, 0.1) is 40.7 Å². The molecule has 0 unspecified atom stereocenters. The third-order valence-electron chi connectivity index (χ3n) is 5.57. The Morgan fingerprint density at radius 1 is 1.15 bits per heavy atom. The Balaban J connectivity index is 1.64. The van der Waals surface area contributed by atoms with E-state index in [2.05, 4.69) is 40.0 Å². The molecule has 4 aromatic heterocycles. The third kappa shape index (κ3) is 5.34. The summed E-state index contributed by atoms with van der Waals surface area (Å²) < 4.78 is 9.84. The molecule has 0 aliphatic carbocycles. The van der Waals surface area contributed by atoms with Crippen LogP contribution in [-0.4, -0.2) is 44.9 Å². The number of rotatable bonds is 8. The van der Waals surface area contributed by atoms with Gasteiger partial charge in [-0.05, 0) is 31.2 Å². The van der Waals surface area contributed by atoms with Crippen LogP contribution in [-0.2, 0) is 18.5 Å². The van der Waals surface area contributed by atoms with Crippen molar-refractivity contribution >= 4 is 36.4 Å². The number of nitrogen functional groups attached to an aromatic ring is 1. The van der Waals surface area contributed by atoms with Gasteiger partial charge in [-0.2, -0.15) is 5.10 Å². The lowest BCUT2D eigenvalue weighted by molar-refractivity contribution is 0.0909. The van der Waals surface area contributed by atoms with Gasteiger partial charge in [0.15, 0.2) is 0 Å². The molecule has 0 atom stereocenters. The Bertz CT molecular complexity index is 1340. The molecule has 0 bridgehead atoms. The predicted molar refractivity (Wildman–Crippen MR) is 137 cm³/mol. The number of pyridine rings is 2. The molecule has 4 rings (SSSR count). The highest BCUT2D eigenvalue weighted by Gasteiger charge is 2.17. The molecule has 4 heterocycles. The van der Waals surface area contributed by atoms with Gasteiger partial charge < -0.3 is 20.4 Å². The molecular formula is C24H31N7O2Si. The quantitative estimate of drug-likeness (QED) is 0.289. The molecule has 3 N–H and O–H groups in total. The molecule has 0 saturated carbocycles. The fourth-order valence-electron chi connectivity index (χ4n) is 3.60. The molecule has 0 aromatic carbocycles. The van der Waals surface area contributed by atoms with E-state index >= 15 is 0 Å². The van der Waals surface area contributed by atoms with E-state index in [1.54, 1.807) is 23.1 Å². The first kappa shape index (κ1) is 23.6. The molecule has 0 saturated heterocycles. The lowest BCUT2D eigenvalue weighted by Crippen LogP contribution is -2.22. The topological polar surface area (TPSA) is 113 Å². The summed E-state index contributed by atoms with van der Waals surface area (Å²) in [5.74, 6) is -0.271. The second kappa shape index (κ2) is 9.39. The highest BCUT2D eigenvalue weighted by Crippen LogP contribution is 2.28. The van der Waals surface area contributed by atoms with Crippen LogP contribution < -0.4 is 11.1 Å². The molecule has 0 aliphatic rings. The van der Waals surface area contributed by atoms with Crippen molar-refractivity contribution < 1.29 is 9.53 Å². The number of aromatic nitrogens is 5. The van der Waals surface area contributed by atoms with E-state index < -0.39 is 8.07 Å². The minimum absolute atomic E-state index is 0.271. The van der Waals surface area contributed by atoms with Crippen LogP contribution in [0.25, 0.3) is 22.3 Å². The van der Waals surface area contributed by atoms with Crippen LogP contribution >= 0.6 is 0 Å². The van der Waals surface area contributed by atoms with Gasteiger partial charge in [-0.15, -0.1) is 0 Å². The minimum Gasteiger partial charge on any atom is -0.397 e. The minimum atomic E-state index is -1.19. The maximum absolute atomic E-state index is 12.9. The van der Waals surface area contributed by atoms with Crippen LogP contribution in [0.4, 0.5) is 11.4 Å². The SMILES string of the molecule is Cc1ncc(N)cc1NC(=O)c1cnc2c(c1)cc(-c1cnn(C)c1)n2COCC[Si](C)(C)C. The van der Waals surface area contributed by atoms with Gasteiger partial charge in [0, 0.05) is 45.1 Å². The van der Waals surface area contributed by atoms with Crippen molar-refractivity contribution in [2.75, 3.05) is 17.7 Å². The summed E-state index contributed by atoms with van der Waals surface area (Å²) in [6.45, 7) is 9.90. The molecule has 0 aliphatic heterocycles. The Kier molecular flexibility index (Phi) is 6.53. The predicted octanol–water partition coefficient (Wildman–Crippen LogP) is 4.29. The Labute approximate surface area is 200 Å². The van der Waals surface area contributed by atoms with E-state index in [4.69, 9.17) is 10.5 Å². The largest absolute Gasteiger partial charge is 0.397 e. The summed E-state index contributed by atoms with van der Waals surface area (Å²) in [6, 6.07) is 6.64. The number of hydrogen-bond donors (Lipinski definition) is 2. The Hall–Kier alpha value is -3.50. The fraction of sp³-hybridized carbons (Fsp3) is 0.333. The number of anilines is 2. The number of fused-ring (bicyclic) bond motifs is 1. The van der Waals surface area contributed by atoms with Crippen LogP contribution in [0.2, 0.25) is 25.7 Å². The number of nitrogens with zero attached hydrogens (tertiary/aromatic N) is 5. The van der Waals surface area contributed by atoms with Crippen LogP contribution in [0.3, 0.4) is 0 Å². The van der Waals surface area contributed by atoms with E-state index in [1.165, 1.54) is 0 Å². The van der Waals surface area contributed by atoms with Crippen molar-refractivity contribution in [3.8, 4) is 11.3 Å². The summed E-state index contributed by atoms with van der Waals surface area (Å²) >= 11 is 0. The van der Waals surface area contributed by atoms with E-state index in [0.717, 1.165) is 28.3 Å². The third-order valence-corrected chi connectivity index (χ3v) is 7.27. The molecular weight excluding hydrogens is 446 g/mol. The maximum atomic E-state index is 12.9. The first-order valence-corrected chi connectivity index (χ1v) is 14.9. The first-order chi connectivity index (χ1) is 16.1. The number of carbonyl (C=O) groups is 1. The van der Waals surface area contributed by atoms with Crippen molar-refractivity contribution in [1.29, 1.82) is 0 Å². The number of nitrogens with two attached hydrogens (primary N) is 1. The second-order valence-corrected chi connectivity index (χ2v) is 15.3. The summed E-state index contributed by atoms with van der Waals surface area (Å²) in [4.78, 5) is 21.8. The number of nitrogens with one attached hydrogen (secondary N) is 1. The van der Waals surface area contributed by atoms with Crippen LogP contribution in [0.1, 0.15) is 16.1 Å². The molecule has 0 spiro atoms. The number of hydrogen-bond acceptors (Lipinski definition) is 6. The molecule has 10 heteroatoms. The summed E-state index contributed by atoms with van der Waals surface area (Å²) in [5.41, 5.74) is 10.7.